The molecular formula is C24H23NO3S. The van der Waals surface area contributed by atoms with Gasteiger partial charge in [-0.3, -0.25) is 4.79 Å². The van der Waals surface area contributed by atoms with Gasteiger partial charge < -0.3 is 14.4 Å². The zero-order valence-corrected chi connectivity index (χ0v) is 17.2. The van der Waals surface area contributed by atoms with Gasteiger partial charge in [0.1, 0.15) is 11.5 Å². The molecule has 0 radical (unpaired) electrons. The largest absolute Gasteiger partial charge is 0.496 e. The number of methoxy groups -OCH3 is 1. The maximum Gasteiger partial charge on any atom is 0.247 e. The highest BCUT2D eigenvalue weighted by Gasteiger charge is 2.16. The lowest BCUT2D eigenvalue weighted by atomic mass is 10.1. The lowest BCUT2D eigenvalue weighted by molar-refractivity contribution is -0.127. The van der Waals surface area contributed by atoms with Crippen molar-refractivity contribution in [1.29, 1.82) is 0 Å². The molecule has 0 unspecified atom stereocenters. The summed E-state index contributed by atoms with van der Waals surface area (Å²) < 4.78 is 11.0. The molecule has 5 heteroatoms. The van der Waals surface area contributed by atoms with Gasteiger partial charge in [0.05, 0.1) is 20.3 Å². The number of nitrogens with zero attached hydrogens (tertiary/aromatic N) is 1. The Morgan fingerprint density at radius 1 is 1.17 bits per heavy atom. The van der Waals surface area contributed by atoms with E-state index in [1.807, 2.05) is 58.8 Å². The Morgan fingerprint density at radius 2 is 2.07 bits per heavy atom. The first-order chi connectivity index (χ1) is 14.2. The van der Waals surface area contributed by atoms with Crippen molar-refractivity contribution < 1.29 is 14.3 Å². The van der Waals surface area contributed by atoms with Crippen LogP contribution >= 0.6 is 11.3 Å². The number of ether oxygens (including phenoxy) is 2. The standard InChI is InChI=1S/C24H23NO3S/c1-27-22-7-3-2-5-20(22)16-25(17-21-6-4-14-29-21)24(26)11-9-18-8-10-23-19(15-18)12-13-28-23/h2-11,14-15H,12-13,16-17H2,1H3/b11-9+. The van der Waals surface area contributed by atoms with Gasteiger partial charge in [-0.1, -0.05) is 30.3 Å². The van der Waals surface area contributed by atoms with Crippen LogP contribution < -0.4 is 9.47 Å². The number of amides is 1. The Bertz CT molecular complexity index is 1010. The molecule has 0 aliphatic carbocycles. The quantitative estimate of drug-likeness (QED) is 0.523. The summed E-state index contributed by atoms with van der Waals surface area (Å²) in [4.78, 5) is 16.1. The molecule has 0 saturated heterocycles. The van der Waals surface area contributed by atoms with Crippen molar-refractivity contribution in [2.75, 3.05) is 13.7 Å². The number of thiophene rings is 1. The number of rotatable bonds is 7. The lowest BCUT2D eigenvalue weighted by Crippen LogP contribution is -2.28. The molecule has 0 saturated carbocycles. The van der Waals surface area contributed by atoms with Gasteiger partial charge in [-0.15, -0.1) is 11.3 Å². The summed E-state index contributed by atoms with van der Waals surface area (Å²) in [6.45, 7) is 1.79. The molecular weight excluding hydrogens is 382 g/mol. The van der Waals surface area contributed by atoms with E-state index in [-0.39, 0.29) is 5.91 Å². The topological polar surface area (TPSA) is 38.8 Å². The number of hydrogen-bond donors (Lipinski definition) is 0. The fraction of sp³-hybridized carbons (Fsp3) is 0.208. The molecule has 3 aromatic rings. The molecule has 4 nitrogen and oxygen atoms in total. The number of para-hydroxylation sites is 1. The molecule has 148 valence electrons. The van der Waals surface area contributed by atoms with Crippen LogP contribution in [0.25, 0.3) is 6.08 Å². The maximum absolute atomic E-state index is 13.1. The lowest BCUT2D eigenvalue weighted by Gasteiger charge is -2.22. The van der Waals surface area contributed by atoms with E-state index in [0.717, 1.165) is 40.5 Å². The SMILES string of the molecule is COc1ccccc1CN(Cc1cccs1)C(=O)/C=C/c1ccc2c(c1)CCO2. The molecule has 0 bridgehead atoms. The van der Waals surface area contributed by atoms with E-state index in [1.165, 1.54) is 5.56 Å². The third kappa shape index (κ3) is 4.69. The molecule has 1 aromatic heterocycles. The highest BCUT2D eigenvalue weighted by atomic mass is 32.1. The second-order valence-corrected chi connectivity index (χ2v) is 7.92. The van der Waals surface area contributed by atoms with E-state index in [0.29, 0.717) is 13.1 Å². The molecule has 2 aromatic carbocycles. The first-order valence-corrected chi connectivity index (χ1v) is 10.5. The molecule has 1 amide bonds. The number of carbonyl (C=O) groups is 1. The molecule has 29 heavy (non-hydrogen) atoms. The fourth-order valence-corrected chi connectivity index (χ4v) is 4.14. The van der Waals surface area contributed by atoms with E-state index in [4.69, 9.17) is 9.47 Å². The molecule has 4 rings (SSSR count). The van der Waals surface area contributed by atoms with Crippen LogP contribution in [-0.4, -0.2) is 24.5 Å². The monoisotopic (exact) mass is 405 g/mol. The maximum atomic E-state index is 13.1. The summed E-state index contributed by atoms with van der Waals surface area (Å²) in [5.74, 6) is 1.71. The molecule has 0 N–H and O–H groups in total. The summed E-state index contributed by atoms with van der Waals surface area (Å²) >= 11 is 1.65. The van der Waals surface area contributed by atoms with E-state index < -0.39 is 0 Å². The van der Waals surface area contributed by atoms with Crippen LogP contribution in [0.15, 0.2) is 66.1 Å². The Labute approximate surface area is 175 Å². The minimum atomic E-state index is -0.0268. The second-order valence-electron chi connectivity index (χ2n) is 6.88. The normalized spacial score (nSPS) is 12.6. The van der Waals surface area contributed by atoms with E-state index in [2.05, 4.69) is 12.1 Å². The first kappa shape index (κ1) is 19.3. The van der Waals surface area contributed by atoms with Gasteiger partial charge in [0.2, 0.25) is 5.91 Å². The summed E-state index contributed by atoms with van der Waals surface area (Å²) in [6, 6.07) is 17.9. The van der Waals surface area contributed by atoms with Crippen molar-refractivity contribution >= 4 is 23.3 Å². The molecule has 1 aliphatic rings. The minimum absolute atomic E-state index is 0.0268. The zero-order chi connectivity index (χ0) is 20.1. The van der Waals surface area contributed by atoms with E-state index in [9.17, 15) is 4.79 Å². The van der Waals surface area contributed by atoms with Crippen molar-refractivity contribution in [3.05, 3.63) is 87.6 Å². The van der Waals surface area contributed by atoms with Gasteiger partial charge in [0.25, 0.3) is 0 Å². The fourth-order valence-electron chi connectivity index (χ4n) is 3.42. The van der Waals surface area contributed by atoms with Gasteiger partial charge >= 0.3 is 0 Å². The zero-order valence-electron chi connectivity index (χ0n) is 16.3. The third-order valence-electron chi connectivity index (χ3n) is 4.92. The molecule has 0 atom stereocenters. The van der Waals surface area contributed by atoms with Crippen molar-refractivity contribution in [2.24, 2.45) is 0 Å². The summed E-state index contributed by atoms with van der Waals surface area (Å²) in [6.07, 6.45) is 4.45. The van der Waals surface area contributed by atoms with Gasteiger partial charge in [-0.05, 0) is 46.8 Å². The van der Waals surface area contributed by atoms with Crippen LogP contribution in [0.2, 0.25) is 0 Å². The smallest absolute Gasteiger partial charge is 0.247 e. The van der Waals surface area contributed by atoms with E-state index in [1.54, 1.807) is 24.5 Å². The van der Waals surface area contributed by atoms with Gasteiger partial charge in [-0.2, -0.15) is 0 Å². The molecule has 0 spiro atoms. The van der Waals surface area contributed by atoms with E-state index >= 15 is 0 Å². The van der Waals surface area contributed by atoms with Crippen molar-refractivity contribution in [3.8, 4) is 11.5 Å². The summed E-state index contributed by atoms with van der Waals surface area (Å²) in [7, 11) is 1.65. The predicted octanol–water partition coefficient (Wildman–Crippen LogP) is 4.93. The summed E-state index contributed by atoms with van der Waals surface area (Å²) in [5.41, 5.74) is 3.20. The molecule has 2 heterocycles. The first-order valence-electron chi connectivity index (χ1n) is 9.60. The number of benzene rings is 2. The second kappa shape index (κ2) is 8.97. The highest BCUT2D eigenvalue weighted by Crippen LogP contribution is 2.26. The Hall–Kier alpha value is -3.05. The van der Waals surface area contributed by atoms with Crippen molar-refractivity contribution in [2.45, 2.75) is 19.5 Å². The van der Waals surface area contributed by atoms with Crippen molar-refractivity contribution in [1.82, 2.24) is 4.90 Å². The predicted molar refractivity (Wildman–Crippen MR) is 116 cm³/mol. The van der Waals surface area contributed by atoms with Crippen LogP contribution in [0.5, 0.6) is 11.5 Å². The molecule has 1 aliphatic heterocycles. The number of fused-ring (bicyclic) bond motifs is 1. The Kier molecular flexibility index (Phi) is 5.96. The Balaban J connectivity index is 1.54. The third-order valence-corrected chi connectivity index (χ3v) is 5.79. The molecule has 0 fully saturated rings. The average Bonchev–Trinajstić information content (AvgIpc) is 3.43. The number of carbonyl (C=O) groups excluding carboxylic acids is 1. The van der Waals surface area contributed by atoms with Crippen molar-refractivity contribution in [3.63, 3.8) is 0 Å². The minimum Gasteiger partial charge on any atom is -0.496 e. The highest BCUT2D eigenvalue weighted by molar-refractivity contribution is 7.09. The van der Waals surface area contributed by atoms with Gasteiger partial charge in [-0.25, -0.2) is 0 Å². The van der Waals surface area contributed by atoms with Gasteiger partial charge in [0, 0.05) is 29.5 Å². The average molecular weight is 406 g/mol. The van der Waals surface area contributed by atoms with Crippen LogP contribution in [0.1, 0.15) is 21.6 Å². The van der Waals surface area contributed by atoms with Crippen LogP contribution in [0, 0.1) is 0 Å². The van der Waals surface area contributed by atoms with Crippen LogP contribution in [-0.2, 0) is 24.3 Å². The number of hydrogen-bond acceptors (Lipinski definition) is 4. The summed E-state index contributed by atoms with van der Waals surface area (Å²) in [5, 5.41) is 2.03. The van der Waals surface area contributed by atoms with Gasteiger partial charge in [0.15, 0.2) is 0 Å². The Morgan fingerprint density at radius 3 is 2.90 bits per heavy atom. The van der Waals surface area contributed by atoms with Crippen LogP contribution in [0.3, 0.4) is 0 Å². The van der Waals surface area contributed by atoms with Crippen LogP contribution in [0.4, 0.5) is 0 Å².